The molecule has 3 aromatic rings. The van der Waals surface area contributed by atoms with Gasteiger partial charge in [-0.1, -0.05) is 47.7 Å². The van der Waals surface area contributed by atoms with Gasteiger partial charge in [0, 0.05) is 38.3 Å². The highest BCUT2D eigenvalue weighted by molar-refractivity contribution is 7.99. The number of nitrogens with zero attached hydrogens (tertiary/aromatic N) is 4. The Morgan fingerprint density at radius 3 is 2.50 bits per heavy atom. The number of thioether (sulfide) groups is 1. The van der Waals surface area contributed by atoms with E-state index >= 15 is 0 Å². The SMILES string of the molecule is CCn1c(SCC(=O)Cc2ccc(N(C)C)cc2)nnc1-c1cccc(C)c1. The first-order valence-corrected chi connectivity index (χ1v) is 10.4. The molecule has 0 fully saturated rings. The summed E-state index contributed by atoms with van der Waals surface area (Å²) in [5.74, 6) is 1.42. The molecule has 0 saturated carbocycles. The minimum absolute atomic E-state index is 0.186. The van der Waals surface area contributed by atoms with E-state index in [1.807, 2.05) is 55.4 Å². The number of hydrogen-bond acceptors (Lipinski definition) is 5. The maximum Gasteiger partial charge on any atom is 0.191 e. The van der Waals surface area contributed by atoms with Gasteiger partial charge in [-0.05, 0) is 37.6 Å². The highest BCUT2D eigenvalue weighted by atomic mass is 32.2. The van der Waals surface area contributed by atoms with Gasteiger partial charge in [0.15, 0.2) is 11.0 Å². The molecule has 0 unspecified atom stereocenters. The molecule has 28 heavy (non-hydrogen) atoms. The van der Waals surface area contributed by atoms with E-state index < -0.39 is 0 Å². The number of aromatic nitrogens is 3. The zero-order valence-electron chi connectivity index (χ0n) is 16.8. The van der Waals surface area contributed by atoms with Crippen LogP contribution in [-0.4, -0.2) is 40.4 Å². The molecule has 0 aliphatic heterocycles. The molecule has 1 heterocycles. The summed E-state index contributed by atoms with van der Waals surface area (Å²) in [5.41, 5.74) is 4.40. The molecule has 0 spiro atoms. The van der Waals surface area contributed by atoms with Crippen LogP contribution in [0.3, 0.4) is 0 Å². The topological polar surface area (TPSA) is 51.0 Å². The van der Waals surface area contributed by atoms with Crippen LogP contribution in [0.5, 0.6) is 0 Å². The van der Waals surface area contributed by atoms with Crippen LogP contribution < -0.4 is 4.90 Å². The molecule has 3 rings (SSSR count). The highest BCUT2D eigenvalue weighted by Gasteiger charge is 2.15. The van der Waals surface area contributed by atoms with Crippen molar-refractivity contribution in [2.75, 3.05) is 24.7 Å². The van der Waals surface area contributed by atoms with Crippen molar-refractivity contribution in [2.24, 2.45) is 0 Å². The van der Waals surface area contributed by atoms with Crippen molar-refractivity contribution in [2.45, 2.75) is 32.0 Å². The number of aryl methyl sites for hydroxylation is 1. The van der Waals surface area contributed by atoms with Gasteiger partial charge >= 0.3 is 0 Å². The standard InChI is InChI=1S/C22H26N4OS/c1-5-26-21(18-8-6-7-16(2)13-18)23-24-22(26)28-15-20(27)14-17-9-11-19(12-10-17)25(3)4/h6-13H,5,14-15H2,1-4H3. The quantitative estimate of drug-likeness (QED) is 0.535. The summed E-state index contributed by atoms with van der Waals surface area (Å²) < 4.78 is 2.07. The molecule has 2 aromatic carbocycles. The van der Waals surface area contributed by atoms with E-state index in [1.165, 1.54) is 17.3 Å². The molecule has 0 aliphatic carbocycles. The zero-order chi connectivity index (χ0) is 20.1. The zero-order valence-corrected chi connectivity index (χ0v) is 17.7. The predicted molar refractivity (Wildman–Crippen MR) is 116 cm³/mol. The number of benzene rings is 2. The number of anilines is 1. The molecule has 0 bridgehead atoms. The Bertz CT molecular complexity index is 947. The van der Waals surface area contributed by atoms with E-state index in [4.69, 9.17) is 0 Å². The average Bonchev–Trinajstić information content (AvgIpc) is 3.09. The molecule has 5 nitrogen and oxygen atoms in total. The van der Waals surface area contributed by atoms with E-state index in [1.54, 1.807) is 0 Å². The molecule has 0 aliphatic rings. The lowest BCUT2D eigenvalue weighted by Crippen LogP contribution is -2.10. The molecule has 146 valence electrons. The van der Waals surface area contributed by atoms with Gasteiger partial charge < -0.3 is 9.47 Å². The third-order valence-electron chi connectivity index (χ3n) is 4.53. The molecule has 0 radical (unpaired) electrons. The molecule has 0 amide bonds. The van der Waals surface area contributed by atoms with E-state index in [0.29, 0.717) is 12.2 Å². The Balaban J connectivity index is 1.65. The Kier molecular flexibility index (Phi) is 6.52. The van der Waals surface area contributed by atoms with Crippen LogP contribution in [0.4, 0.5) is 5.69 Å². The van der Waals surface area contributed by atoms with Crippen molar-refractivity contribution in [3.63, 3.8) is 0 Å². The van der Waals surface area contributed by atoms with E-state index in [-0.39, 0.29) is 5.78 Å². The lowest BCUT2D eigenvalue weighted by Gasteiger charge is -2.12. The largest absolute Gasteiger partial charge is 0.378 e. The predicted octanol–water partition coefficient (Wildman–Crippen LogP) is 4.24. The summed E-state index contributed by atoms with van der Waals surface area (Å²) >= 11 is 1.46. The summed E-state index contributed by atoms with van der Waals surface area (Å²) in [5, 5.41) is 9.47. The first kappa shape index (κ1) is 20.1. The van der Waals surface area contributed by atoms with Crippen molar-refractivity contribution in [3.8, 4) is 11.4 Å². The molecule has 0 atom stereocenters. The van der Waals surface area contributed by atoms with E-state index in [0.717, 1.165) is 34.3 Å². The van der Waals surface area contributed by atoms with Gasteiger partial charge in [0.05, 0.1) is 5.75 Å². The van der Waals surface area contributed by atoms with Crippen LogP contribution in [0.2, 0.25) is 0 Å². The molecule has 0 N–H and O–H groups in total. The van der Waals surface area contributed by atoms with Gasteiger partial charge in [-0.2, -0.15) is 0 Å². The van der Waals surface area contributed by atoms with Crippen LogP contribution >= 0.6 is 11.8 Å². The Morgan fingerprint density at radius 2 is 1.86 bits per heavy atom. The first-order valence-electron chi connectivity index (χ1n) is 9.39. The van der Waals surface area contributed by atoms with Crippen LogP contribution in [0.1, 0.15) is 18.1 Å². The lowest BCUT2D eigenvalue weighted by molar-refractivity contribution is -0.116. The second kappa shape index (κ2) is 9.06. The average molecular weight is 395 g/mol. The fourth-order valence-corrected chi connectivity index (χ4v) is 3.88. The summed E-state index contributed by atoms with van der Waals surface area (Å²) in [4.78, 5) is 14.5. The lowest BCUT2D eigenvalue weighted by atomic mass is 10.1. The summed E-state index contributed by atoms with van der Waals surface area (Å²) in [6.07, 6.45) is 0.436. The summed E-state index contributed by atoms with van der Waals surface area (Å²) in [6, 6.07) is 16.3. The van der Waals surface area contributed by atoms with Crippen LogP contribution in [-0.2, 0) is 17.8 Å². The van der Waals surface area contributed by atoms with Crippen LogP contribution in [0.15, 0.2) is 53.7 Å². The number of hydrogen-bond donors (Lipinski definition) is 0. The normalized spacial score (nSPS) is 10.9. The second-order valence-corrected chi connectivity index (χ2v) is 7.93. The molecular formula is C22H26N4OS. The first-order chi connectivity index (χ1) is 13.5. The monoisotopic (exact) mass is 394 g/mol. The Hall–Kier alpha value is -2.60. The van der Waals surface area contributed by atoms with E-state index in [2.05, 4.69) is 40.7 Å². The second-order valence-electron chi connectivity index (χ2n) is 6.98. The third-order valence-corrected chi connectivity index (χ3v) is 5.55. The number of carbonyl (C=O) groups is 1. The van der Waals surface area contributed by atoms with Crippen LogP contribution in [0, 0.1) is 6.92 Å². The Morgan fingerprint density at radius 1 is 1.11 bits per heavy atom. The molecule has 6 heteroatoms. The minimum Gasteiger partial charge on any atom is -0.378 e. The van der Waals surface area contributed by atoms with Gasteiger partial charge in [0.25, 0.3) is 0 Å². The Labute approximate surface area is 170 Å². The van der Waals surface area contributed by atoms with Crippen molar-refractivity contribution in [1.82, 2.24) is 14.8 Å². The number of ketones is 1. The smallest absolute Gasteiger partial charge is 0.191 e. The molecule has 1 aromatic heterocycles. The van der Waals surface area contributed by atoms with Gasteiger partial charge in [0.2, 0.25) is 0 Å². The maximum absolute atomic E-state index is 12.4. The fourth-order valence-electron chi connectivity index (χ4n) is 3.01. The molecule has 0 saturated heterocycles. The van der Waals surface area contributed by atoms with Crippen molar-refractivity contribution < 1.29 is 4.79 Å². The van der Waals surface area contributed by atoms with E-state index in [9.17, 15) is 4.79 Å². The van der Waals surface area contributed by atoms with Crippen molar-refractivity contribution in [3.05, 3.63) is 59.7 Å². The molecular weight excluding hydrogens is 368 g/mol. The van der Waals surface area contributed by atoms with Gasteiger partial charge in [-0.25, -0.2) is 0 Å². The van der Waals surface area contributed by atoms with Crippen LogP contribution in [0.25, 0.3) is 11.4 Å². The van der Waals surface area contributed by atoms with Gasteiger partial charge in [0.1, 0.15) is 5.78 Å². The summed E-state index contributed by atoms with van der Waals surface area (Å²) in [6.45, 7) is 4.90. The van der Waals surface area contributed by atoms with Crippen molar-refractivity contribution in [1.29, 1.82) is 0 Å². The van der Waals surface area contributed by atoms with Gasteiger partial charge in [-0.3, -0.25) is 4.79 Å². The third kappa shape index (κ3) is 4.81. The minimum atomic E-state index is 0.186. The highest BCUT2D eigenvalue weighted by Crippen LogP contribution is 2.25. The van der Waals surface area contributed by atoms with Gasteiger partial charge in [-0.15, -0.1) is 10.2 Å². The maximum atomic E-state index is 12.4. The number of carbonyl (C=O) groups excluding carboxylic acids is 1. The number of rotatable bonds is 8. The summed E-state index contributed by atoms with van der Waals surface area (Å²) in [7, 11) is 4.01. The number of Topliss-reactive ketones (excluding diaryl/α,β-unsaturated/α-hetero) is 1. The fraction of sp³-hybridized carbons (Fsp3) is 0.318. The van der Waals surface area contributed by atoms with Crippen molar-refractivity contribution >= 4 is 23.2 Å².